The number of fused-ring (bicyclic) bond motifs is 1. The molecule has 1 aliphatic rings. The molecule has 0 bridgehead atoms. The fourth-order valence-corrected chi connectivity index (χ4v) is 2.59. The summed E-state index contributed by atoms with van der Waals surface area (Å²) in [4.78, 5) is 24.1. The van der Waals surface area contributed by atoms with E-state index >= 15 is 0 Å². The minimum absolute atomic E-state index is 0.101. The topological polar surface area (TPSA) is 85.9 Å². The quantitative estimate of drug-likeness (QED) is 0.778. The smallest absolute Gasteiger partial charge is 0.251 e. The molecule has 0 saturated carbocycles. The van der Waals surface area contributed by atoms with Gasteiger partial charge in [0.05, 0.1) is 13.2 Å². The molecule has 27 heavy (non-hydrogen) atoms. The first kappa shape index (κ1) is 18.6. The zero-order valence-corrected chi connectivity index (χ0v) is 15.1. The van der Waals surface area contributed by atoms with E-state index in [1.807, 2.05) is 25.1 Å². The molecule has 0 fully saturated rings. The molecule has 7 nitrogen and oxygen atoms in total. The first-order valence-corrected chi connectivity index (χ1v) is 8.82. The van der Waals surface area contributed by atoms with E-state index in [9.17, 15) is 9.59 Å². The molecule has 2 aromatic carbocycles. The van der Waals surface area contributed by atoms with Gasteiger partial charge in [-0.2, -0.15) is 0 Å². The Bertz CT molecular complexity index is 805. The van der Waals surface area contributed by atoms with E-state index in [4.69, 9.17) is 14.2 Å². The summed E-state index contributed by atoms with van der Waals surface area (Å²) in [5, 5.41) is 5.37. The lowest BCUT2D eigenvalue weighted by Gasteiger charge is -2.19. The minimum Gasteiger partial charge on any atom is -0.494 e. The van der Waals surface area contributed by atoms with Crippen molar-refractivity contribution in [2.45, 2.75) is 13.5 Å². The second kappa shape index (κ2) is 8.93. The van der Waals surface area contributed by atoms with Gasteiger partial charge in [-0.05, 0) is 48.9 Å². The standard InChI is InChI=1S/C20H22N2O5/c1-2-25-16-6-4-15(5-7-16)20(24)22-13-19(23)21-12-14-3-8-17-18(11-14)27-10-9-26-17/h3-8,11H,2,9-10,12-13H2,1H3,(H,21,23)(H,22,24). The van der Waals surface area contributed by atoms with Crippen LogP contribution < -0.4 is 24.8 Å². The van der Waals surface area contributed by atoms with Crippen molar-refractivity contribution >= 4 is 11.8 Å². The Morgan fingerprint density at radius 1 is 1.00 bits per heavy atom. The van der Waals surface area contributed by atoms with Crippen LogP contribution in [0.15, 0.2) is 42.5 Å². The van der Waals surface area contributed by atoms with E-state index in [2.05, 4.69) is 10.6 Å². The molecule has 0 aromatic heterocycles. The highest BCUT2D eigenvalue weighted by atomic mass is 16.6. The van der Waals surface area contributed by atoms with E-state index in [-0.39, 0.29) is 18.4 Å². The Hall–Kier alpha value is -3.22. The molecule has 142 valence electrons. The van der Waals surface area contributed by atoms with Gasteiger partial charge in [0.2, 0.25) is 5.91 Å². The Balaban J connectivity index is 1.44. The van der Waals surface area contributed by atoms with Crippen molar-refractivity contribution < 1.29 is 23.8 Å². The molecule has 2 N–H and O–H groups in total. The molecular formula is C20H22N2O5. The van der Waals surface area contributed by atoms with Gasteiger partial charge in [-0.25, -0.2) is 0 Å². The van der Waals surface area contributed by atoms with Crippen molar-refractivity contribution in [1.29, 1.82) is 0 Å². The third-order valence-electron chi connectivity index (χ3n) is 3.93. The highest BCUT2D eigenvalue weighted by Gasteiger charge is 2.12. The van der Waals surface area contributed by atoms with E-state index < -0.39 is 0 Å². The average Bonchev–Trinajstić information content (AvgIpc) is 2.71. The summed E-state index contributed by atoms with van der Waals surface area (Å²) in [6, 6.07) is 12.3. The second-order valence-corrected chi connectivity index (χ2v) is 5.89. The summed E-state index contributed by atoms with van der Waals surface area (Å²) in [7, 11) is 0. The van der Waals surface area contributed by atoms with Crippen LogP contribution >= 0.6 is 0 Å². The predicted octanol–water partition coefficient (Wildman–Crippen LogP) is 1.90. The first-order chi connectivity index (χ1) is 13.2. The third kappa shape index (κ3) is 5.13. The molecular weight excluding hydrogens is 348 g/mol. The van der Waals surface area contributed by atoms with Crippen LogP contribution in [-0.2, 0) is 11.3 Å². The summed E-state index contributed by atoms with van der Waals surface area (Å²) in [6.45, 7) is 3.75. The van der Waals surface area contributed by atoms with Crippen LogP contribution in [0, 0.1) is 0 Å². The highest BCUT2D eigenvalue weighted by molar-refractivity contribution is 5.96. The molecule has 7 heteroatoms. The maximum absolute atomic E-state index is 12.1. The number of ether oxygens (including phenoxy) is 3. The van der Waals surface area contributed by atoms with Gasteiger partial charge < -0.3 is 24.8 Å². The largest absolute Gasteiger partial charge is 0.494 e. The fraction of sp³-hybridized carbons (Fsp3) is 0.300. The Kier molecular flexibility index (Phi) is 6.14. The molecule has 1 aliphatic heterocycles. The number of hydrogen-bond donors (Lipinski definition) is 2. The van der Waals surface area contributed by atoms with E-state index in [0.717, 1.165) is 5.56 Å². The summed E-state index contributed by atoms with van der Waals surface area (Å²) in [6.07, 6.45) is 0. The monoisotopic (exact) mass is 370 g/mol. The molecule has 0 saturated heterocycles. The van der Waals surface area contributed by atoms with Crippen LogP contribution in [0.1, 0.15) is 22.8 Å². The van der Waals surface area contributed by atoms with Crippen molar-refractivity contribution in [3.05, 3.63) is 53.6 Å². The summed E-state index contributed by atoms with van der Waals surface area (Å²) in [5.74, 6) is 1.50. The summed E-state index contributed by atoms with van der Waals surface area (Å²) < 4.78 is 16.3. The van der Waals surface area contributed by atoms with Gasteiger partial charge in [0.25, 0.3) is 5.91 Å². The number of carbonyl (C=O) groups excluding carboxylic acids is 2. The SMILES string of the molecule is CCOc1ccc(C(=O)NCC(=O)NCc2ccc3c(c2)OCCO3)cc1. The van der Waals surface area contributed by atoms with Crippen molar-refractivity contribution in [2.75, 3.05) is 26.4 Å². The van der Waals surface area contributed by atoms with Crippen LogP contribution in [-0.4, -0.2) is 38.2 Å². The lowest BCUT2D eigenvalue weighted by atomic mass is 10.2. The zero-order valence-electron chi connectivity index (χ0n) is 15.1. The number of benzene rings is 2. The van der Waals surface area contributed by atoms with Crippen LogP contribution in [0.25, 0.3) is 0 Å². The van der Waals surface area contributed by atoms with E-state index in [0.29, 0.717) is 49.2 Å². The number of nitrogens with one attached hydrogen (secondary N) is 2. The summed E-state index contributed by atoms with van der Waals surface area (Å²) in [5.41, 5.74) is 1.36. The molecule has 0 atom stereocenters. The lowest BCUT2D eigenvalue weighted by Crippen LogP contribution is -2.36. The Morgan fingerprint density at radius 3 is 2.48 bits per heavy atom. The van der Waals surface area contributed by atoms with Gasteiger partial charge in [0, 0.05) is 12.1 Å². The van der Waals surface area contributed by atoms with Crippen molar-refractivity contribution in [3.63, 3.8) is 0 Å². The first-order valence-electron chi connectivity index (χ1n) is 8.82. The molecule has 1 heterocycles. The molecule has 0 unspecified atom stereocenters. The molecule has 0 radical (unpaired) electrons. The van der Waals surface area contributed by atoms with Crippen LogP contribution in [0.3, 0.4) is 0 Å². The van der Waals surface area contributed by atoms with Gasteiger partial charge in [0.15, 0.2) is 11.5 Å². The van der Waals surface area contributed by atoms with Crippen LogP contribution in [0.5, 0.6) is 17.2 Å². The molecule has 0 aliphatic carbocycles. The number of amides is 2. The minimum atomic E-state index is -0.312. The van der Waals surface area contributed by atoms with Crippen LogP contribution in [0.4, 0.5) is 0 Å². The highest BCUT2D eigenvalue weighted by Crippen LogP contribution is 2.30. The van der Waals surface area contributed by atoms with Gasteiger partial charge >= 0.3 is 0 Å². The van der Waals surface area contributed by atoms with Gasteiger partial charge in [-0.3, -0.25) is 9.59 Å². The lowest BCUT2D eigenvalue weighted by molar-refractivity contribution is -0.120. The van der Waals surface area contributed by atoms with E-state index in [1.54, 1.807) is 24.3 Å². The predicted molar refractivity (Wildman–Crippen MR) is 99.2 cm³/mol. The van der Waals surface area contributed by atoms with E-state index in [1.165, 1.54) is 0 Å². The number of carbonyl (C=O) groups is 2. The Morgan fingerprint density at radius 2 is 1.74 bits per heavy atom. The zero-order chi connectivity index (χ0) is 19.1. The van der Waals surface area contributed by atoms with Crippen molar-refractivity contribution in [1.82, 2.24) is 10.6 Å². The summed E-state index contributed by atoms with van der Waals surface area (Å²) >= 11 is 0. The molecule has 3 rings (SSSR count). The number of rotatable bonds is 7. The molecule has 2 aromatic rings. The second-order valence-electron chi connectivity index (χ2n) is 5.89. The maximum Gasteiger partial charge on any atom is 0.251 e. The average molecular weight is 370 g/mol. The molecule has 0 spiro atoms. The number of hydrogen-bond acceptors (Lipinski definition) is 5. The van der Waals surface area contributed by atoms with Crippen molar-refractivity contribution in [2.24, 2.45) is 0 Å². The van der Waals surface area contributed by atoms with Gasteiger partial charge in [0.1, 0.15) is 19.0 Å². The van der Waals surface area contributed by atoms with Crippen molar-refractivity contribution in [3.8, 4) is 17.2 Å². The normalized spacial score (nSPS) is 12.2. The van der Waals surface area contributed by atoms with Crippen LogP contribution in [0.2, 0.25) is 0 Å². The maximum atomic E-state index is 12.1. The Labute approximate surface area is 157 Å². The van der Waals surface area contributed by atoms with Gasteiger partial charge in [-0.15, -0.1) is 0 Å². The third-order valence-corrected chi connectivity index (χ3v) is 3.93. The van der Waals surface area contributed by atoms with Gasteiger partial charge in [-0.1, -0.05) is 6.07 Å². The molecule has 2 amide bonds. The fourth-order valence-electron chi connectivity index (χ4n) is 2.59.